The lowest BCUT2D eigenvalue weighted by Gasteiger charge is -2.26. The highest BCUT2D eigenvalue weighted by molar-refractivity contribution is 7.89. The molecule has 0 atom stereocenters. The topological polar surface area (TPSA) is 106 Å². The van der Waals surface area contributed by atoms with Crippen LogP contribution in [-0.4, -0.2) is 44.9 Å². The number of benzene rings is 2. The first-order chi connectivity index (χ1) is 16.3. The van der Waals surface area contributed by atoms with Crippen LogP contribution in [-0.2, 0) is 32.5 Å². The van der Waals surface area contributed by atoms with Gasteiger partial charge in [-0.2, -0.15) is 4.31 Å². The van der Waals surface area contributed by atoms with Crippen molar-refractivity contribution < 1.29 is 22.4 Å². The molecule has 1 aromatic heterocycles. The van der Waals surface area contributed by atoms with Crippen molar-refractivity contribution >= 4 is 26.9 Å². The van der Waals surface area contributed by atoms with E-state index in [1.165, 1.54) is 4.31 Å². The molecular weight excluding hydrogens is 456 g/mol. The minimum Gasteiger partial charge on any atom is -0.423 e. The number of nitrogens with one attached hydrogen (secondary N) is 1. The summed E-state index contributed by atoms with van der Waals surface area (Å²) in [6.45, 7) is 5.54. The van der Waals surface area contributed by atoms with Crippen LogP contribution >= 0.6 is 0 Å². The lowest BCUT2D eigenvalue weighted by Crippen LogP contribution is -2.40. The number of sulfonamides is 1. The Bertz CT molecular complexity index is 1360. The van der Waals surface area contributed by atoms with E-state index in [1.807, 2.05) is 32.0 Å². The molecule has 0 radical (unpaired) electrons. The zero-order valence-electron chi connectivity index (χ0n) is 19.3. The lowest BCUT2D eigenvalue weighted by molar-refractivity contribution is -0.121. The van der Waals surface area contributed by atoms with Crippen LogP contribution in [0.15, 0.2) is 56.6 Å². The van der Waals surface area contributed by atoms with Crippen molar-refractivity contribution in [3.8, 4) is 0 Å². The summed E-state index contributed by atoms with van der Waals surface area (Å²) in [5, 5.41) is 3.69. The molecule has 1 amide bonds. The number of ether oxygens (including phenoxy) is 1. The third kappa shape index (κ3) is 5.22. The fourth-order valence-corrected chi connectivity index (χ4v) is 5.44. The first kappa shape index (κ1) is 24.1. The van der Waals surface area contributed by atoms with Crippen LogP contribution in [0.1, 0.15) is 28.7 Å². The molecule has 34 heavy (non-hydrogen) atoms. The smallest absolute Gasteiger partial charge is 0.339 e. The van der Waals surface area contributed by atoms with E-state index in [0.717, 1.165) is 22.1 Å². The highest BCUT2D eigenvalue weighted by Crippen LogP contribution is 2.21. The number of aryl methyl sites for hydroxylation is 2. The molecule has 2 heterocycles. The monoisotopic (exact) mass is 484 g/mol. The highest BCUT2D eigenvalue weighted by atomic mass is 32.2. The average molecular weight is 485 g/mol. The normalized spacial score (nSPS) is 14.9. The van der Waals surface area contributed by atoms with Crippen molar-refractivity contribution in [2.75, 3.05) is 26.3 Å². The first-order valence-corrected chi connectivity index (χ1v) is 12.7. The molecule has 9 heteroatoms. The summed E-state index contributed by atoms with van der Waals surface area (Å²) in [6, 6.07) is 12.2. The molecule has 1 N–H and O–H groups in total. The molecular formula is C25H28N2O6S. The number of carbonyl (C=O) groups excluding carboxylic acids is 1. The second-order valence-corrected chi connectivity index (χ2v) is 10.4. The predicted molar refractivity (Wildman–Crippen MR) is 128 cm³/mol. The van der Waals surface area contributed by atoms with E-state index in [1.54, 1.807) is 24.3 Å². The number of hydrogen-bond donors (Lipinski definition) is 1. The molecule has 2 aromatic carbocycles. The highest BCUT2D eigenvalue weighted by Gasteiger charge is 2.26. The van der Waals surface area contributed by atoms with Crippen LogP contribution in [0.4, 0.5) is 0 Å². The average Bonchev–Trinajstić information content (AvgIpc) is 2.83. The summed E-state index contributed by atoms with van der Waals surface area (Å²) >= 11 is 0. The number of nitrogens with zero attached hydrogens (tertiary/aromatic N) is 1. The maximum Gasteiger partial charge on any atom is 0.339 e. The van der Waals surface area contributed by atoms with Gasteiger partial charge in [0.15, 0.2) is 0 Å². The van der Waals surface area contributed by atoms with Gasteiger partial charge in [-0.05, 0) is 55.2 Å². The Hall–Kier alpha value is -3.01. The summed E-state index contributed by atoms with van der Waals surface area (Å²) in [4.78, 5) is 25.0. The van der Waals surface area contributed by atoms with Crippen molar-refractivity contribution in [3.63, 3.8) is 0 Å². The van der Waals surface area contributed by atoms with E-state index < -0.39 is 15.6 Å². The van der Waals surface area contributed by atoms with Crippen LogP contribution < -0.4 is 10.9 Å². The molecule has 1 aliphatic rings. The molecule has 0 bridgehead atoms. The van der Waals surface area contributed by atoms with Gasteiger partial charge in [0.2, 0.25) is 15.9 Å². The Morgan fingerprint density at radius 1 is 1.06 bits per heavy atom. The molecule has 1 aliphatic heterocycles. The number of carbonyl (C=O) groups is 1. The van der Waals surface area contributed by atoms with Crippen LogP contribution in [0, 0.1) is 13.8 Å². The Kier molecular flexibility index (Phi) is 7.16. The molecule has 3 aromatic rings. The van der Waals surface area contributed by atoms with E-state index in [9.17, 15) is 18.0 Å². The van der Waals surface area contributed by atoms with Crippen LogP contribution in [0.5, 0.6) is 0 Å². The largest absolute Gasteiger partial charge is 0.423 e. The van der Waals surface area contributed by atoms with Gasteiger partial charge < -0.3 is 14.5 Å². The summed E-state index contributed by atoms with van der Waals surface area (Å²) in [5.41, 5.74) is 3.26. The molecule has 1 saturated heterocycles. The second-order valence-electron chi connectivity index (χ2n) is 8.43. The third-order valence-corrected chi connectivity index (χ3v) is 7.98. The second kappa shape index (κ2) is 10.1. The van der Waals surface area contributed by atoms with Crippen LogP contribution in [0.3, 0.4) is 0 Å². The van der Waals surface area contributed by atoms with Gasteiger partial charge in [-0.25, -0.2) is 13.2 Å². The van der Waals surface area contributed by atoms with E-state index in [4.69, 9.17) is 9.15 Å². The Labute approximate surface area is 198 Å². The number of rotatable bonds is 7. The quantitative estimate of drug-likeness (QED) is 0.517. The lowest BCUT2D eigenvalue weighted by atomic mass is 10.0. The maximum absolute atomic E-state index is 12.7. The molecule has 8 nitrogen and oxygen atoms in total. The maximum atomic E-state index is 12.7. The van der Waals surface area contributed by atoms with Gasteiger partial charge in [-0.15, -0.1) is 0 Å². The summed E-state index contributed by atoms with van der Waals surface area (Å²) < 4.78 is 37.5. The van der Waals surface area contributed by atoms with Gasteiger partial charge in [0, 0.05) is 37.0 Å². The van der Waals surface area contributed by atoms with E-state index in [2.05, 4.69) is 5.32 Å². The van der Waals surface area contributed by atoms with Gasteiger partial charge in [-0.1, -0.05) is 24.3 Å². The van der Waals surface area contributed by atoms with Gasteiger partial charge in [0.1, 0.15) is 5.58 Å². The Morgan fingerprint density at radius 3 is 2.47 bits per heavy atom. The molecule has 180 valence electrons. The van der Waals surface area contributed by atoms with Gasteiger partial charge in [0.05, 0.1) is 18.1 Å². The number of fused-ring (bicyclic) bond motifs is 1. The van der Waals surface area contributed by atoms with Crippen molar-refractivity contribution in [1.29, 1.82) is 0 Å². The van der Waals surface area contributed by atoms with Crippen LogP contribution in [0.2, 0.25) is 0 Å². The summed E-state index contributed by atoms with van der Waals surface area (Å²) in [6.07, 6.45) is 0.424. The number of hydrogen-bond acceptors (Lipinski definition) is 6. The minimum absolute atomic E-state index is 0.145. The summed E-state index contributed by atoms with van der Waals surface area (Å²) in [5.74, 6) is -0.201. The zero-order chi connectivity index (χ0) is 24.3. The first-order valence-electron chi connectivity index (χ1n) is 11.2. The van der Waals surface area contributed by atoms with Crippen molar-refractivity contribution in [2.45, 2.75) is 38.1 Å². The molecule has 0 spiro atoms. The van der Waals surface area contributed by atoms with Crippen LogP contribution in [0.25, 0.3) is 11.0 Å². The van der Waals surface area contributed by atoms with Crippen molar-refractivity contribution in [2.24, 2.45) is 0 Å². The van der Waals surface area contributed by atoms with Crippen molar-refractivity contribution in [3.05, 3.63) is 75.1 Å². The molecule has 4 rings (SSSR count). The minimum atomic E-state index is -3.55. The van der Waals surface area contributed by atoms with Gasteiger partial charge >= 0.3 is 5.63 Å². The molecule has 0 saturated carbocycles. The Morgan fingerprint density at radius 2 is 1.76 bits per heavy atom. The zero-order valence-corrected chi connectivity index (χ0v) is 20.1. The van der Waals surface area contributed by atoms with Gasteiger partial charge in [-0.3, -0.25) is 4.79 Å². The van der Waals surface area contributed by atoms with E-state index in [0.29, 0.717) is 37.4 Å². The molecule has 0 unspecified atom stereocenters. The number of amides is 1. The SMILES string of the molecule is Cc1ccc2c(C)c(CCC(=O)NCc3ccc(S(=O)(=O)N4CCOCC4)cc3)c(=O)oc2c1. The van der Waals surface area contributed by atoms with Crippen molar-refractivity contribution in [1.82, 2.24) is 9.62 Å². The number of morpholine rings is 1. The Balaban J connectivity index is 1.35. The third-order valence-electron chi connectivity index (χ3n) is 6.07. The summed E-state index contributed by atoms with van der Waals surface area (Å²) in [7, 11) is -3.55. The van der Waals surface area contributed by atoms with Gasteiger partial charge in [0.25, 0.3) is 0 Å². The molecule has 1 fully saturated rings. The fraction of sp³-hybridized carbons (Fsp3) is 0.360. The predicted octanol–water partition coefficient (Wildman–Crippen LogP) is 2.68. The van der Waals surface area contributed by atoms with E-state index >= 15 is 0 Å². The molecule has 0 aliphatic carbocycles. The standard InChI is InChI=1S/C25H28N2O6S/c1-17-3-8-21-18(2)22(25(29)33-23(21)15-17)9-10-24(28)26-16-19-4-6-20(7-5-19)34(30,31)27-11-13-32-14-12-27/h3-8,15H,9-14,16H2,1-2H3,(H,26,28). The fourth-order valence-electron chi connectivity index (χ4n) is 4.03. The van der Waals surface area contributed by atoms with E-state index in [-0.39, 0.29) is 30.2 Å².